The first kappa shape index (κ1) is 43.7. The van der Waals surface area contributed by atoms with Gasteiger partial charge in [-0.15, -0.1) is 0 Å². The molecule has 0 radical (unpaired) electrons. The van der Waals surface area contributed by atoms with Gasteiger partial charge in [0.1, 0.15) is 12.2 Å². The molecule has 0 aromatic rings. The Morgan fingerprint density at radius 1 is 0.653 bits per heavy atom. The number of cyclic esters (lactones) is 1. The van der Waals surface area contributed by atoms with Crippen LogP contribution in [-0.4, -0.2) is 54.1 Å². The van der Waals surface area contributed by atoms with Gasteiger partial charge in [0.25, 0.3) is 0 Å². The Morgan fingerprint density at radius 2 is 1.20 bits per heavy atom. The third kappa shape index (κ3) is 11.6. The average molecular weight is 687 g/mol. The van der Waals surface area contributed by atoms with Crippen molar-refractivity contribution in [2.45, 2.75) is 132 Å². The number of carbonyl (C=O) groups is 6. The maximum Gasteiger partial charge on any atom is 0.309 e. The minimum Gasteiger partial charge on any atom is -0.465 e. The van der Waals surface area contributed by atoms with Crippen LogP contribution in [0, 0.1) is 41.4 Å². The van der Waals surface area contributed by atoms with Crippen LogP contribution in [0.5, 0.6) is 0 Å². The van der Waals surface area contributed by atoms with Gasteiger partial charge in [0.2, 0.25) is 0 Å². The molecule has 6 rings (SSSR count). The van der Waals surface area contributed by atoms with Crippen LogP contribution in [-0.2, 0) is 43.0 Å². The van der Waals surface area contributed by atoms with Gasteiger partial charge in [0.15, 0.2) is 17.3 Å². The number of carbonyl (C=O) groups excluding carboxylic acids is 6. The van der Waals surface area contributed by atoms with Gasteiger partial charge in [-0.05, 0) is 81.9 Å². The van der Waals surface area contributed by atoms with Crippen LogP contribution in [0.15, 0.2) is 36.5 Å². The van der Waals surface area contributed by atoms with E-state index in [2.05, 4.69) is 19.7 Å². The van der Waals surface area contributed by atoms with Crippen molar-refractivity contribution in [2.24, 2.45) is 41.4 Å². The molecule has 0 spiro atoms. The fourth-order valence-electron chi connectivity index (χ4n) is 7.31. The lowest BCUT2D eigenvalue weighted by Gasteiger charge is -2.24. The Balaban J connectivity index is 0.000000344. The third-order valence-corrected chi connectivity index (χ3v) is 9.95. The summed E-state index contributed by atoms with van der Waals surface area (Å²) < 4.78 is 15.4. The summed E-state index contributed by atoms with van der Waals surface area (Å²) in [7, 11) is 0. The Labute approximate surface area is 294 Å². The van der Waals surface area contributed by atoms with Crippen LogP contribution < -0.4 is 0 Å². The second-order valence-electron chi connectivity index (χ2n) is 13.2. The first-order valence-corrected chi connectivity index (χ1v) is 18.4. The van der Waals surface area contributed by atoms with Crippen molar-refractivity contribution in [3.63, 3.8) is 0 Å². The molecule has 9 unspecified atom stereocenters. The van der Waals surface area contributed by atoms with Crippen LogP contribution in [0.3, 0.4) is 0 Å². The Bertz CT molecular complexity index is 1230. The summed E-state index contributed by atoms with van der Waals surface area (Å²) >= 11 is 0. The van der Waals surface area contributed by atoms with E-state index < -0.39 is 0 Å². The van der Waals surface area contributed by atoms with E-state index >= 15 is 0 Å². The van der Waals surface area contributed by atoms with E-state index in [4.69, 9.17) is 14.2 Å². The van der Waals surface area contributed by atoms with Gasteiger partial charge < -0.3 is 14.2 Å². The van der Waals surface area contributed by atoms with Crippen molar-refractivity contribution < 1.29 is 43.0 Å². The molecule has 0 amide bonds. The van der Waals surface area contributed by atoms with Crippen molar-refractivity contribution in [1.29, 1.82) is 0 Å². The number of hydrogen-bond acceptors (Lipinski definition) is 9. The zero-order chi connectivity index (χ0) is 37.6. The molecule has 0 aromatic carbocycles. The van der Waals surface area contributed by atoms with Gasteiger partial charge in [0, 0.05) is 37.0 Å². The van der Waals surface area contributed by atoms with Gasteiger partial charge in [-0.2, -0.15) is 0 Å². The van der Waals surface area contributed by atoms with Gasteiger partial charge >= 0.3 is 17.9 Å². The molecule has 0 aromatic heterocycles. The zero-order valence-corrected chi connectivity index (χ0v) is 31.6. The van der Waals surface area contributed by atoms with E-state index in [0.29, 0.717) is 54.4 Å². The molecule has 9 nitrogen and oxygen atoms in total. The fourth-order valence-corrected chi connectivity index (χ4v) is 7.31. The van der Waals surface area contributed by atoms with E-state index in [-0.39, 0.29) is 83.5 Å². The molecule has 3 aliphatic carbocycles. The molecule has 3 heterocycles. The predicted molar refractivity (Wildman–Crippen MR) is 190 cm³/mol. The second-order valence-corrected chi connectivity index (χ2v) is 13.2. The van der Waals surface area contributed by atoms with Gasteiger partial charge in [-0.1, -0.05) is 61.3 Å². The molecule has 3 aliphatic heterocycles. The maximum absolute atomic E-state index is 11.7. The van der Waals surface area contributed by atoms with Crippen LogP contribution in [0.1, 0.15) is 120 Å². The minimum absolute atomic E-state index is 0.0143. The highest BCUT2D eigenvalue weighted by molar-refractivity contribution is 5.96. The molecule has 0 N–H and O–H groups in total. The number of hydrogen-bond donors (Lipinski definition) is 0. The number of fused-ring (bicyclic) bond motifs is 3. The summed E-state index contributed by atoms with van der Waals surface area (Å²) in [5.41, 5.74) is 1.72. The summed E-state index contributed by atoms with van der Waals surface area (Å²) in [5, 5.41) is 0. The minimum atomic E-state index is -0.246. The third-order valence-electron chi connectivity index (χ3n) is 9.95. The first-order valence-electron chi connectivity index (χ1n) is 18.4. The van der Waals surface area contributed by atoms with Crippen LogP contribution >= 0.6 is 0 Å². The number of rotatable bonds is 9. The topological polar surface area (TPSA) is 130 Å². The zero-order valence-electron chi connectivity index (χ0n) is 31.6. The van der Waals surface area contributed by atoms with Gasteiger partial charge in [0.05, 0.1) is 24.4 Å². The van der Waals surface area contributed by atoms with Crippen molar-refractivity contribution >= 4 is 35.3 Å². The number of ketones is 3. The molecule has 6 fully saturated rings. The molecule has 9 heteroatoms. The SMILES string of the molecule is C=C(C)C(=O)CC1C2CC3C(=O)OC1C3C2.C=C(C)C(=O)CC1CCC2CC1OC2=O.C=C(C)C(=O)CC1CCOC1=O.CC.CC.CC. The second kappa shape index (κ2) is 21.0. The molecule has 276 valence electrons. The molecule has 3 saturated heterocycles. The number of esters is 3. The quantitative estimate of drug-likeness (QED) is 0.136. The molecule has 4 bridgehead atoms. The van der Waals surface area contributed by atoms with Crippen molar-refractivity contribution in [2.75, 3.05) is 6.61 Å². The van der Waals surface area contributed by atoms with Gasteiger partial charge in [-0.25, -0.2) is 0 Å². The summed E-state index contributed by atoms with van der Waals surface area (Å²) in [6, 6.07) is 0. The average Bonchev–Trinajstić information content (AvgIpc) is 3.89. The monoisotopic (exact) mass is 686 g/mol. The van der Waals surface area contributed by atoms with E-state index in [1.807, 2.05) is 41.5 Å². The summed E-state index contributed by atoms with van der Waals surface area (Å²) in [6.07, 6.45) is 6.58. The maximum atomic E-state index is 11.7. The Kier molecular flexibility index (Phi) is 18.7. The van der Waals surface area contributed by atoms with Crippen molar-refractivity contribution in [1.82, 2.24) is 0 Å². The smallest absolute Gasteiger partial charge is 0.309 e. The Hall–Kier alpha value is -3.36. The normalized spacial score (nSPS) is 30.3. The first-order chi connectivity index (χ1) is 23.3. The highest BCUT2D eigenvalue weighted by Crippen LogP contribution is 2.58. The lowest BCUT2D eigenvalue weighted by Crippen LogP contribution is -2.28. The molecule has 6 aliphatic rings. The number of ether oxygens (including phenoxy) is 3. The number of allylic oxidation sites excluding steroid dienone is 3. The van der Waals surface area contributed by atoms with E-state index in [0.717, 1.165) is 32.1 Å². The highest BCUT2D eigenvalue weighted by atomic mass is 16.6. The summed E-state index contributed by atoms with van der Waals surface area (Å²) in [4.78, 5) is 68.1. The molecule has 9 atom stereocenters. The lowest BCUT2D eigenvalue weighted by atomic mass is 9.79. The standard InChI is InChI=1S/C13H16O3.C12H16O3.C9H12O3.3C2H6/c1-6(2)11(14)5-8-7-3-9-10(4-7)13(15)16-12(8)9;1-7(2)10(13)5-8-3-4-9-6-11(8)15-12(9)14;1-6(2)8(10)5-7-3-4-12-9(7)11;3*1-2/h7-10,12H,1,3-5H2,2H3;8-9,11H,1,3-6H2,2H3;7H,1,3-5H2,2H3;3*1-2H3. The molecular formula is C40H62O9. The Morgan fingerprint density at radius 3 is 1.73 bits per heavy atom. The summed E-state index contributed by atoms with van der Waals surface area (Å²) in [5.74, 6) is 1.27. The van der Waals surface area contributed by atoms with E-state index in [1.54, 1.807) is 20.8 Å². The molecule has 3 saturated carbocycles. The highest BCUT2D eigenvalue weighted by Gasteiger charge is 2.61. The number of Topliss-reactive ketones (excluding diaryl/α,β-unsaturated/α-hetero) is 3. The molecule has 49 heavy (non-hydrogen) atoms. The van der Waals surface area contributed by atoms with Crippen LogP contribution in [0.25, 0.3) is 0 Å². The predicted octanol–water partition coefficient (Wildman–Crippen LogP) is 7.75. The largest absolute Gasteiger partial charge is 0.465 e. The molecular weight excluding hydrogens is 624 g/mol. The van der Waals surface area contributed by atoms with Gasteiger partial charge in [-0.3, -0.25) is 28.8 Å². The summed E-state index contributed by atoms with van der Waals surface area (Å²) in [6.45, 7) is 28.4. The van der Waals surface area contributed by atoms with E-state index in [1.165, 1.54) is 0 Å². The van der Waals surface area contributed by atoms with Crippen molar-refractivity contribution in [3.05, 3.63) is 36.5 Å². The van der Waals surface area contributed by atoms with Crippen LogP contribution in [0.4, 0.5) is 0 Å². The lowest BCUT2D eigenvalue weighted by molar-refractivity contribution is -0.145. The van der Waals surface area contributed by atoms with E-state index in [9.17, 15) is 28.8 Å². The van der Waals surface area contributed by atoms with Crippen LogP contribution in [0.2, 0.25) is 0 Å². The fraction of sp³-hybridized carbons (Fsp3) is 0.700. The van der Waals surface area contributed by atoms with Crippen molar-refractivity contribution in [3.8, 4) is 0 Å².